The van der Waals surface area contributed by atoms with Gasteiger partial charge in [0.05, 0.1) is 11.4 Å². The predicted octanol–water partition coefficient (Wildman–Crippen LogP) is 5.30. The molecule has 8 nitrogen and oxygen atoms in total. The molecule has 4 heterocycles. The Kier molecular flexibility index (Phi) is 29.8. The molecule has 0 aromatic carbocycles. The molecule has 38 heavy (non-hydrogen) atoms. The van der Waals surface area contributed by atoms with Crippen molar-refractivity contribution in [2.75, 3.05) is 7.11 Å². The first-order valence-corrected chi connectivity index (χ1v) is 11.0. The maximum Gasteiger partial charge on any atom is 2.00 e. The van der Waals surface area contributed by atoms with Crippen molar-refractivity contribution >= 4 is 59.1 Å². The number of aromatic nitrogens is 4. The summed E-state index contributed by atoms with van der Waals surface area (Å²) in [5.41, 5.74) is 4.19. The second-order valence-corrected chi connectivity index (χ2v) is 6.28. The number of isothiocyanates is 2. The zero-order chi connectivity index (χ0) is 26.7. The van der Waals surface area contributed by atoms with Gasteiger partial charge in [0.25, 0.3) is 0 Å². The van der Waals surface area contributed by atoms with Crippen molar-refractivity contribution in [2.24, 2.45) is 0 Å². The Labute approximate surface area is 243 Å². The van der Waals surface area contributed by atoms with Gasteiger partial charge in [0, 0.05) is 44.3 Å². The molecule has 0 amide bonds. The Balaban J connectivity index is -0.000000487. The normalized spacial score (nSPS) is 8.37. The Morgan fingerprint density at radius 1 is 0.605 bits per heavy atom. The van der Waals surface area contributed by atoms with Crippen molar-refractivity contribution in [2.45, 2.75) is 0 Å². The maximum absolute atomic E-state index is 7.13. The summed E-state index contributed by atoms with van der Waals surface area (Å²) in [4.78, 5) is 16.3. The van der Waals surface area contributed by atoms with Gasteiger partial charge in [-0.1, -0.05) is 48.7 Å². The molecular formula is C27H27CoN6O2S2+. The van der Waals surface area contributed by atoms with Crippen molar-refractivity contribution in [3.05, 3.63) is 131 Å². The van der Waals surface area contributed by atoms with E-state index in [0.717, 1.165) is 29.6 Å². The van der Waals surface area contributed by atoms with Gasteiger partial charge >= 0.3 is 16.8 Å². The summed E-state index contributed by atoms with van der Waals surface area (Å²) < 4.78 is 0. The van der Waals surface area contributed by atoms with E-state index in [2.05, 4.69) is 44.4 Å². The van der Waals surface area contributed by atoms with Crippen LogP contribution in [0.5, 0.6) is 0 Å². The van der Waals surface area contributed by atoms with Gasteiger partial charge in [-0.25, -0.2) is 0 Å². The Morgan fingerprint density at radius 3 is 1.18 bits per heavy atom. The smallest absolute Gasteiger partial charge is 0.753 e. The van der Waals surface area contributed by atoms with E-state index in [1.807, 2.05) is 85.0 Å². The molecule has 0 unspecified atom stereocenters. The van der Waals surface area contributed by atoms with Crippen molar-refractivity contribution in [1.82, 2.24) is 19.9 Å². The molecular weight excluding hydrogens is 563 g/mol. The molecule has 4 aromatic rings. The molecule has 11 heteroatoms. The first-order chi connectivity index (χ1) is 17.7. The van der Waals surface area contributed by atoms with Crippen LogP contribution in [0.25, 0.3) is 35.1 Å². The van der Waals surface area contributed by atoms with Crippen LogP contribution >= 0.6 is 24.4 Å². The van der Waals surface area contributed by atoms with E-state index in [1.54, 1.807) is 37.2 Å². The third kappa shape index (κ3) is 21.4. The fraction of sp³-hybridized carbons (Fsp3) is 0.0370. The number of hydrogen-bond donors (Lipinski definition) is 1. The second kappa shape index (κ2) is 29.3. The van der Waals surface area contributed by atoms with E-state index < -0.39 is 0 Å². The summed E-state index contributed by atoms with van der Waals surface area (Å²) in [5, 5.41) is 23.9. The summed E-state index contributed by atoms with van der Waals surface area (Å²) in [6.45, 7) is 0. The standard InChI is InChI=1S/2C12H10N2.2CNS.CH4O.Co.H2O/c2*1-2-8-14-12(3-1)5-4-11-6-9-13-10-7-11;2*2-1-3;1-2;;/h2*1-10H;;;2H,1H3;;1H2/q;;2*-1;;+2;/p+1/b2*5-4+;;;;;. The van der Waals surface area contributed by atoms with Crippen LogP contribution in [0.3, 0.4) is 0 Å². The van der Waals surface area contributed by atoms with Crippen LogP contribution in [-0.4, -0.2) is 42.5 Å². The number of aliphatic hydroxyl groups excluding tert-OH is 1. The molecule has 0 saturated carbocycles. The molecule has 197 valence electrons. The zero-order valence-corrected chi connectivity index (χ0v) is 23.1. The van der Waals surface area contributed by atoms with Crippen LogP contribution in [0.2, 0.25) is 0 Å². The fourth-order valence-corrected chi connectivity index (χ4v) is 2.26. The molecule has 1 radical (unpaired) electrons. The van der Waals surface area contributed by atoms with E-state index in [4.69, 9.17) is 15.9 Å². The molecule has 0 aliphatic rings. The minimum absolute atomic E-state index is 0. The number of rotatable bonds is 4. The van der Waals surface area contributed by atoms with Crippen LogP contribution in [0.4, 0.5) is 0 Å². The van der Waals surface area contributed by atoms with Crippen molar-refractivity contribution in [1.29, 1.82) is 0 Å². The van der Waals surface area contributed by atoms with E-state index >= 15 is 0 Å². The Hall–Kier alpha value is -3.89. The topological polar surface area (TPSA) is 149 Å². The number of pyridine rings is 4. The number of nitrogens with zero attached hydrogens (tertiary/aromatic N) is 6. The average Bonchev–Trinajstić information content (AvgIpc) is 2.95. The van der Waals surface area contributed by atoms with E-state index in [0.29, 0.717) is 0 Å². The first kappa shape index (κ1) is 38.6. The van der Waals surface area contributed by atoms with Crippen LogP contribution < -0.4 is 0 Å². The van der Waals surface area contributed by atoms with Crippen LogP contribution in [0.15, 0.2) is 97.8 Å². The van der Waals surface area contributed by atoms with Crippen LogP contribution in [0.1, 0.15) is 22.5 Å². The SMILES string of the molecule is C(=C\c1ccccn1)/c1ccncc1.C(=C\c1ccccn1)/c1ccncc1.CO.[Co+2].[N-]=C=S.[N-]=C=S.[OH3+]. The molecule has 0 aliphatic heterocycles. The minimum atomic E-state index is 0. The van der Waals surface area contributed by atoms with Crippen molar-refractivity contribution < 1.29 is 27.4 Å². The third-order valence-corrected chi connectivity index (χ3v) is 3.68. The number of hydrogen-bond acceptors (Lipinski definition) is 7. The van der Waals surface area contributed by atoms with Crippen molar-refractivity contribution in [3.8, 4) is 0 Å². The monoisotopic (exact) mass is 590 g/mol. The quantitative estimate of drug-likeness (QED) is 0.193. The van der Waals surface area contributed by atoms with Gasteiger partial charge in [0.2, 0.25) is 0 Å². The summed E-state index contributed by atoms with van der Waals surface area (Å²) in [7, 11) is 1.00. The summed E-state index contributed by atoms with van der Waals surface area (Å²) in [6.07, 6.45) is 18.7. The molecule has 0 fully saturated rings. The zero-order valence-electron chi connectivity index (χ0n) is 20.4. The van der Waals surface area contributed by atoms with E-state index in [1.165, 1.54) is 10.3 Å². The van der Waals surface area contributed by atoms with Crippen LogP contribution in [-0.2, 0) is 22.3 Å². The largest absolute Gasteiger partial charge is 2.00 e. The fourth-order valence-electron chi connectivity index (χ4n) is 2.26. The summed E-state index contributed by atoms with van der Waals surface area (Å²) in [5.74, 6) is 0. The summed E-state index contributed by atoms with van der Waals surface area (Å²) >= 11 is 7.40. The molecule has 4 rings (SSSR count). The molecule has 0 spiro atoms. The second-order valence-electron chi connectivity index (χ2n) is 5.92. The maximum atomic E-state index is 7.13. The number of thiocarbonyl (C=S) groups is 2. The molecule has 0 atom stereocenters. The summed E-state index contributed by atoms with van der Waals surface area (Å²) in [6, 6.07) is 19.5. The predicted molar refractivity (Wildman–Crippen MR) is 160 cm³/mol. The van der Waals surface area contributed by atoms with Crippen molar-refractivity contribution in [3.63, 3.8) is 0 Å². The van der Waals surface area contributed by atoms with Gasteiger partial charge in [-0.2, -0.15) is 10.3 Å². The molecule has 0 saturated heterocycles. The Morgan fingerprint density at radius 2 is 0.921 bits per heavy atom. The van der Waals surface area contributed by atoms with E-state index in [9.17, 15) is 0 Å². The minimum Gasteiger partial charge on any atom is -0.753 e. The van der Waals surface area contributed by atoms with Gasteiger partial charge in [-0.15, -0.1) is 0 Å². The van der Waals surface area contributed by atoms with Gasteiger partial charge in [-0.3, -0.25) is 19.9 Å². The molecule has 4 aromatic heterocycles. The Bertz CT molecular complexity index is 1010. The van der Waals surface area contributed by atoms with Crippen LogP contribution in [0, 0.1) is 0 Å². The van der Waals surface area contributed by atoms with Gasteiger partial charge < -0.3 is 21.4 Å². The molecule has 4 N–H and O–H groups in total. The van der Waals surface area contributed by atoms with Gasteiger partial charge in [0.1, 0.15) is 0 Å². The third-order valence-electron chi connectivity index (χ3n) is 3.68. The first-order valence-electron chi connectivity index (χ1n) is 10.2. The molecule has 0 bridgehead atoms. The van der Waals surface area contributed by atoms with Gasteiger partial charge in [0.15, 0.2) is 0 Å². The average molecular weight is 591 g/mol. The molecule has 0 aliphatic carbocycles. The number of aliphatic hydroxyl groups is 1. The van der Waals surface area contributed by atoms with E-state index in [-0.39, 0.29) is 22.3 Å². The van der Waals surface area contributed by atoms with Gasteiger partial charge in [-0.05, 0) is 71.8 Å².